The number of benzene rings is 2. The van der Waals surface area contributed by atoms with Gasteiger partial charge in [-0.1, -0.05) is 30.3 Å². The summed E-state index contributed by atoms with van der Waals surface area (Å²) < 4.78 is 17.1. The van der Waals surface area contributed by atoms with Crippen LogP contribution in [0.5, 0.6) is 5.75 Å². The Bertz CT molecular complexity index is 1380. The Balaban J connectivity index is 1.26. The summed E-state index contributed by atoms with van der Waals surface area (Å²) in [5.41, 5.74) is 3.49. The van der Waals surface area contributed by atoms with Gasteiger partial charge in [-0.3, -0.25) is 4.79 Å². The highest BCUT2D eigenvalue weighted by Crippen LogP contribution is 2.34. The second kappa shape index (κ2) is 16.6. The molecule has 14 heteroatoms. The largest absolute Gasteiger partial charge is 0.464 e. The lowest BCUT2D eigenvalue weighted by Crippen LogP contribution is -2.60. The quantitative estimate of drug-likeness (QED) is 0.0831. The number of fused-ring (bicyclic) bond motifs is 1. The van der Waals surface area contributed by atoms with Crippen molar-refractivity contribution in [3.63, 3.8) is 0 Å². The first-order valence-corrected chi connectivity index (χ1v) is 15.2. The van der Waals surface area contributed by atoms with E-state index in [-0.39, 0.29) is 18.9 Å². The number of aliphatic hydroxyl groups excluding tert-OH is 9. The Hall–Kier alpha value is -3.15. The molecular formula is C32H43NO13. The van der Waals surface area contributed by atoms with Crippen molar-refractivity contribution >= 4 is 16.9 Å². The van der Waals surface area contributed by atoms with Crippen molar-refractivity contribution in [1.29, 1.82) is 0 Å². The molecule has 46 heavy (non-hydrogen) atoms. The van der Waals surface area contributed by atoms with Gasteiger partial charge in [0.15, 0.2) is 0 Å². The molecule has 1 aromatic heterocycles. The third-order valence-corrected chi connectivity index (χ3v) is 8.14. The van der Waals surface area contributed by atoms with Gasteiger partial charge in [0.25, 0.3) is 0 Å². The molecule has 1 amide bonds. The number of ether oxygens (including phenoxy) is 2. The SMILES string of the molecule is O=C(CCCc1ccc(CCc2coc3cccc(O[C@@H]4O[C@H](CO)[C@@H](O)[C@H](O)[C@H]4O)c23)cc1)NC[C@H](O)[C@@H](O)[C@H](O)[C@H](O)CO. The molecular weight excluding hydrogens is 606 g/mol. The molecule has 0 radical (unpaired) electrons. The summed E-state index contributed by atoms with van der Waals surface area (Å²) in [5.74, 6) is 0.0102. The Kier molecular flexibility index (Phi) is 12.9. The number of carbonyl (C=O) groups excluding carboxylic acids is 1. The van der Waals surface area contributed by atoms with Crippen LogP contribution in [0.4, 0.5) is 0 Å². The van der Waals surface area contributed by atoms with Crippen molar-refractivity contribution in [2.45, 2.75) is 87.2 Å². The molecule has 0 unspecified atom stereocenters. The first kappa shape index (κ1) is 35.7. The summed E-state index contributed by atoms with van der Waals surface area (Å²) in [6.07, 6.45) is -9.41. The third kappa shape index (κ3) is 8.80. The molecule has 0 saturated carbocycles. The van der Waals surface area contributed by atoms with Crippen molar-refractivity contribution in [3.05, 3.63) is 65.4 Å². The molecule has 0 bridgehead atoms. The lowest BCUT2D eigenvalue weighted by molar-refractivity contribution is -0.277. The van der Waals surface area contributed by atoms with Gasteiger partial charge in [0.2, 0.25) is 12.2 Å². The van der Waals surface area contributed by atoms with Crippen LogP contribution in [0.2, 0.25) is 0 Å². The van der Waals surface area contributed by atoms with Gasteiger partial charge >= 0.3 is 0 Å². The van der Waals surface area contributed by atoms with Crippen LogP contribution in [0.15, 0.2) is 53.1 Å². The summed E-state index contributed by atoms with van der Waals surface area (Å²) in [6, 6.07) is 13.1. The number of aliphatic hydroxyl groups is 9. The zero-order chi connectivity index (χ0) is 33.4. The number of nitrogens with one attached hydrogen (secondary N) is 1. The smallest absolute Gasteiger partial charge is 0.229 e. The standard InChI is InChI=1S/C32H43NO13/c34-14-21(37)28(40)27(39)20(36)13-33-25(38)6-1-3-17-7-9-18(10-8-17)11-12-19-16-44-22-4-2-5-23(26(19)22)45-32-31(43)30(42)29(41)24(15-35)46-32/h2,4-5,7-10,16,20-21,24,27-32,34-37,39-43H,1,3,6,11-15H2,(H,33,38)/t20-,21+,24+,27+,28+,29+,30-,31+,32+/m0/s1. The average Bonchev–Trinajstić information content (AvgIpc) is 3.49. The van der Waals surface area contributed by atoms with Gasteiger partial charge in [-0.05, 0) is 48.9 Å². The predicted molar refractivity (Wildman–Crippen MR) is 162 cm³/mol. The molecule has 9 atom stereocenters. The summed E-state index contributed by atoms with van der Waals surface area (Å²) >= 11 is 0. The maximum atomic E-state index is 12.1. The molecule has 4 rings (SSSR count). The van der Waals surface area contributed by atoms with Crippen LogP contribution in [0.1, 0.15) is 29.5 Å². The summed E-state index contributed by atoms with van der Waals surface area (Å²) in [5, 5.41) is 90.9. The Morgan fingerprint density at radius 1 is 0.848 bits per heavy atom. The minimum Gasteiger partial charge on any atom is -0.464 e. The zero-order valence-electron chi connectivity index (χ0n) is 25.1. The van der Waals surface area contributed by atoms with Crippen LogP contribution in [0.3, 0.4) is 0 Å². The maximum Gasteiger partial charge on any atom is 0.229 e. The molecule has 0 aliphatic carbocycles. The molecule has 2 aromatic carbocycles. The van der Waals surface area contributed by atoms with Crippen molar-refractivity contribution in [2.75, 3.05) is 19.8 Å². The van der Waals surface area contributed by atoms with Gasteiger partial charge in [0.1, 0.15) is 54.1 Å². The van der Waals surface area contributed by atoms with E-state index in [9.17, 15) is 45.6 Å². The Morgan fingerprint density at radius 2 is 1.52 bits per heavy atom. The second-order valence-electron chi connectivity index (χ2n) is 11.5. The van der Waals surface area contributed by atoms with Crippen LogP contribution in [-0.4, -0.2) is 127 Å². The van der Waals surface area contributed by atoms with Crippen molar-refractivity contribution in [2.24, 2.45) is 0 Å². The molecule has 2 heterocycles. The number of rotatable bonds is 16. The van der Waals surface area contributed by atoms with Crippen molar-refractivity contribution in [3.8, 4) is 5.75 Å². The fourth-order valence-corrected chi connectivity index (χ4v) is 5.29. The molecule has 3 aromatic rings. The number of carbonyl (C=O) groups is 1. The Morgan fingerprint density at radius 3 is 2.20 bits per heavy atom. The summed E-state index contributed by atoms with van der Waals surface area (Å²) in [6.45, 7) is -1.67. The fourth-order valence-electron chi connectivity index (χ4n) is 5.29. The molecule has 14 nitrogen and oxygen atoms in total. The molecule has 0 spiro atoms. The predicted octanol–water partition coefficient (Wildman–Crippen LogP) is -1.73. The monoisotopic (exact) mass is 649 g/mol. The minimum absolute atomic E-state index is 0.174. The highest BCUT2D eigenvalue weighted by Gasteiger charge is 2.45. The number of aryl methyl sites for hydroxylation is 3. The van der Waals surface area contributed by atoms with Crippen LogP contribution >= 0.6 is 0 Å². The number of amides is 1. The van der Waals surface area contributed by atoms with Gasteiger partial charge in [0.05, 0.1) is 31.0 Å². The van der Waals surface area contributed by atoms with E-state index in [1.807, 2.05) is 24.3 Å². The average molecular weight is 650 g/mol. The fraction of sp³-hybridized carbons (Fsp3) is 0.531. The maximum absolute atomic E-state index is 12.1. The van der Waals surface area contributed by atoms with Gasteiger partial charge in [-0.2, -0.15) is 0 Å². The number of hydrogen-bond donors (Lipinski definition) is 10. The highest BCUT2D eigenvalue weighted by atomic mass is 16.7. The molecule has 1 aliphatic rings. The van der Waals surface area contributed by atoms with E-state index in [0.29, 0.717) is 42.4 Å². The van der Waals surface area contributed by atoms with Gasteiger partial charge in [-0.15, -0.1) is 0 Å². The first-order chi connectivity index (χ1) is 22.0. The zero-order valence-corrected chi connectivity index (χ0v) is 25.1. The molecule has 254 valence electrons. The van der Waals surface area contributed by atoms with Gasteiger partial charge in [-0.25, -0.2) is 0 Å². The normalized spacial score (nSPS) is 24.3. The van der Waals surface area contributed by atoms with Crippen molar-refractivity contribution < 1.29 is 64.6 Å². The van der Waals surface area contributed by atoms with E-state index in [1.54, 1.807) is 24.5 Å². The summed E-state index contributed by atoms with van der Waals surface area (Å²) in [4.78, 5) is 12.1. The molecule has 1 fully saturated rings. The highest BCUT2D eigenvalue weighted by molar-refractivity contribution is 5.87. The van der Waals surface area contributed by atoms with E-state index in [2.05, 4.69) is 5.32 Å². The molecule has 10 N–H and O–H groups in total. The minimum atomic E-state index is -1.75. The lowest BCUT2D eigenvalue weighted by atomic mass is 9.99. The lowest BCUT2D eigenvalue weighted by Gasteiger charge is -2.39. The molecule has 1 saturated heterocycles. The first-order valence-electron chi connectivity index (χ1n) is 15.2. The molecule has 1 aliphatic heterocycles. The van der Waals surface area contributed by atoms with Crippen LogP contribution in [0, 0.1) is 0 Å². The van der Waals surface area contributed by atoms with E-state index in [4.69, 9.17) is 19.0 Å². The third-order valence-electron chi connectivity index (χ3n) is 8.14. The van der Waals surface area contributed by atoms with Gasteiger partial charge in [0, 0.05) is 18.5 Å². The number of hydrogen-bond acceptors (Lipinski definition) is 13. The van der Waals surface area contributed by atoms with E-state index >= 15 is 0 Å². The van der Waals surface area contributed by atoms with Crippen molar-refractivity contribution in [1.82, 2.24) is 5.32 Å². The van der Waals surface area contributed by atoms with E-state index < -0.39 is 68.3 Å². The van der Waals surface area contributed by atoms with Gasteiger partial charge < -0.3 is 65.2 Å². The van der Waals surface area contributed by atoms with Crippen LogP contribution < -0.4 is 10.1 Å². The second-order valence-corrected chi connectivity index (χ2v) is 11.5. The topological polar surface area (TPSA) is 243 Å². The van der Waals surface area contributed by atoms with E-state index in [1.165, 1.54) is 0 Å². The number of furan rings is 1. The van der Waals surface area contributed by atoms with E-state index in [0.717, 1.165) is 16.7 Å². The van der Waals surface area contributed by atoms with Crippen LogP contribution in [0.25, 0.3) is 11.0 Å². The van der Waals surface area contributed by atoms with Crippen LogP contribution in [-0.2, 0) is 28.8 Å². The summed E-state index contributed by atoms with van der Waals surface area (Å²) in [7, 11) is 0. The Labute approximate surface area is 265 Å².